The van der Waals surface area contributed by atoms with Crippen molar-refractivity contribution in [1.29, 1.82) is 0 Å². The lowest BCUT2D eigenvalue weighted by molar-refractivity contribution is 0.0130. The summed E-state index contributed by atoms with van der Waals surface area (Å²) in [5.41, 5.74) is 1.91. The highest BCUT2D eigenvalue weighted by Gasteiger charge is 2.36. The van der Waals surface area contributed by atoms with Crippen molar-refractivity contribution in [1.82, 2.24) is 19.4 Å². The molecule has 1 saturated heterocycles. The van der Waals surface area contributed by atoms with Crippen LogP contribution in [0.4, 0.5) is 15.0 Å². The van der Waals surface area contributed by atoms with Gasteiger partial charge in [-0.15, -0.1) is 0 Å². The molecule has 2 unspecified atom stereocenters. The van der Waals surface area contributed by atoms with Crippen molar-refractivity contribution >= 4 is 22.9 Å². The molecule has 1 amide bonds. The number of fused-ring (bicyclic) bond motifs is 1. The number of aryl methyl sites for hydroxylation is 1. The quantitative estimate of drug-likeness (QED) is 0.579. The van der Waals surface area contributed by atoms with Gasteiger partial charge in [-0.25, -0.2) is 19.2 Å². The number of aromatic nitrogens is 3. The molecular weight excluding hydrogens is 409 g/mol. The SMILES string of the molecule is Cc1cn(-c2cccc(F)c2)c2ncnc(N3CC(C)N(C(=O)OC(C)(C)C)CC3C)c12. The molecule has 4 rings (SSSR count). The Hall–Kier alpha value is -3.16. The predicted octanol–water partition coefficient (Wildman–Crippen LogP) is 4.70. The van der Waals surface area contributed by atoms with E-state index < -0.39 is 5.60 Å². The van der Waals surface area contributed by atoms with Crippen LogP contribution in [-0.4, -0.2) is 56.3 Å². The minimum atomic E-state index is -0.535. The van der Waals surface area contributed by atoms with Crippen LogP contribution in [0.15, 0.2) is 36.8 Å². The fourth-order valence-corrected chi connectivity index (χ4v) is 4.26. The standard InChI is InChI=1S/C24H30FN5O2/c1-15-11-30(19-9-7-8-18(25)10-19)22-20(15)21(26-14-27-22)28-12-17(3)29(13-16(28)2)23(31)32-24(4,5)6/h7-11,14,16-17H,12-13H2,1-6H3. The van der Waals surface area contributed by atoms with Gasteiger partial charge in [0.25, 0.3) is 0 Å². The van der Waals surface area contributed by atoms with E-state index in [0.717, 1.165) is 22.4 Å². The number of benzene rings is 1. The molecule has 3 aromatic rings. The smallest absolute Gasteiger partial charge is 0.410 e. The molecule has 2 atom stereocenters. The van der Waals surface area contributed by atoms with E-state index >= 15 is 0 Å². The molecule has 32 heavy (non-hydrogen) atoms. The maximum absolute atomic E-state index is 13.8. The maximum Gasteiger partial charge on any atom is 0.410 e. The Morgan fingerprint density at radius 2 is 1.91 bits per heavy atom. The number of halogens is 1. The second-order valence-corrected chi connectivity index (χ2v) is 9.54. The lowest BCUT2D eigenvalue weighted by atomic mass is 10.1. The number of amides is 1. The van der Waals surface area contributed by atoms with Gasteiger partial charge >= 0.3 is 6.09 Å². The zero-order chi connectivity index (χ0) is 23.2. The molecule has 0 bridgehead atoms. The monoisotopic (exact) mass is 439 g/mol. The van der Waals surface area contributed by atoms with Gasteiger partial charge in [-0.2, -0.15) is 0 Å². The first-order valence-electron chi connectivity index (χ1n) is 10.9. The molecular formula is C24H30FN5O2. The summed E-state index contributed by atoms with van der Waals surface area (Å²) >= 11 is 0. The van der Waals surface area contributed by atoms with E-state index in [1.165, 1.54) is 12.1 Å². The number of anilines is 1. The Labute approximate surface area is 187 Å². The zero-order valence-corrected chi connectivity index (χ0v) is 19.5. The molecule has 0 N–H and O–H groups in total. The molecule has 1 aliphatic heterocycles. The van der Waals surface area contributed by atoms with Gasteiger partial charge in [0.05, 0.1) is 5.39 Å². The van der Waals surface area contributed by atoms with Crippen molar-refractivity contribution < 1.29 is 13.9 Å². The minimum Gasteiger partial charge on any atom is -0.444 e. The molecule has 2 aromatic heterocycles. The lowest BCUT2D eigenvalue weighted by Crippen LogP contribution is -2.59. The average molecular weight is 440 g/mol. The van der Waals surface area contributed by atoms with Crippen LogP contribution >= 0.6 is 0 Å². The molecule has 1 aromatic carbocycles. The minimum absolute atomic E-state index is 0.0359. The van der Waals surface area contributed by atoms with Crippen LogP contribution < -0.4 is 4.90 Å². The Balaban J connectivity index is 1.68. The number of hydrogen-bond donors (Lipinski definition) is 0. The lowest BCUT2D eigenvalue weighted by Gasteiger charge is -2.44. The summed E-state index contributed by atoms with van der Waals surface area (Å²) < 4.78 is 21.3. The summed E-state index contributed by atoms with van der Waals surface area (Å²) in [4.78, 5) is 25.8. The molecule has 8 heteroatoms. The molecule has 170 valence electrons. The van der Waals surface area contributed by atoms with E-state index in [4.69, 9.17) is 4.74 Å². The number of carbonyl (C=O) groups excluding carboxylic acids is 1. The second-order valence-electron chi connectivity index (χ2n) is 9.54. The number of carbonyl (C=O) groups is 1. The Morgan fingerprint density at radius 3 is 2.59 bits per heavy atom. The van der Waals surface area contributed by atoms with Gasteiger partial charge in [-0.3, -0.25) is 0 Å². The van der Waals surface area contributed by atoms with Crippen molar-refractivity contribution in [2.24, 2.45) is 0 Å². The maximum atomic E-state index is 13.8. The third kappa shape index (κ3) is 4.13. The van der Waals surface area contributed by atoms with E-state index in [1.807, 2.05) is 51.4 Å². The highest BCUT2D eigenvalue weighted by molar-refractivity contribution is 5.92. The number of piperazine rings is 1. The number of nitrogens with zero attached hydrogens (tertiary/aromatic N) is 5. The van der Waals surface area contributed by atoms with E-state index in [0.29, 0.717) is 18.8 Å². The highest BCUT2D eigenvalue weighted by Crippen LogP contribution is 2.33. The third-order valence-electron chi connectivity index (χ3n) is 5.72. The van der Waals surface area contributed by atoms with E-state index in [-0.39, 0.29) is 24.0 Å². The summed E-state index contributed by atoms with van der Waals surface area (Å²) in [6.45, 7) is 12.9. The van der Waals surface area contributed by atoms with Crippen LogP contribution in [0.1, 0.15) is 40.2 Å². The largest absolute Gasteiger partial charge is 0.444 e. The Morgan fingerprint density at radius 1 is 1.16 bits per heavy atom. The van der Waals surface area contributed by atoms with E-state index in [1.54, 1.807) is 17.3 Å². The number of hydrogen-bond acceptors (Lipinski definition) is 5. The van der Waals surface area contributed by atoms with Crippen LogP contribution in [0, 0.1) is 12.7 Å². The second kappa shape index (κ2) is 8.07. The summed E-state index contributed by atoms with van der Waals surface area (Å²) in [6, 6.07) is 6.45. The van der Waals surface area contributed by atoms with Crippen molar-refractivity contribution in [3.8, 4) is 5.69 Å². The van der Waals surface area contributed by atoms with Gasteiger partial charge < -0.3 is 19.1 Å². The van der Waals surface area contributed by atoms with Crippen molar-refractivity contribution in [2.45, 2.75) is 59.2 Å². The predicted molar refractivity (Wildman–Crippen MR) is 123 cm³/mol. The van der Waals surface area contributed by atoms with Gasteiger partial charge in [0.1, 0.15) is 29.2 Å². The molecule has 0 spiro atoms. The summed E-state index contributed by atoms with van der Waals surface area (Å²) in [6.07, 6.45) is 3.21. The first kappa shape index (κ1) is 22.0. The topological polar surface area (TPSA) is 63.5 Å². The summed E-state index contributed by atoms with van der Waals surface area (Å²) in [7, 11) is 0. The molecule has 7 nitrogen and oxygen atoms in total. The van der Waals surface area contributed by atoms with Gasteiger partial charge in [0.2, 0.25) is 0 Å². The zero-order valence-electron chi connectivity index (χ0n) is 19.5. The number of ether oxygens (including phenoxy) is 1. The fraction of sp³-hybridized carbons (Fsp3) is 0.458. The van der Waals surface area contributed by atoms with Crippen molar-refractivity contribution in [2.75, 3.05) is 18.0 Å². The van der Waals surface area contributed by atoms with Gasteiger partial charge in [-0.1, -0.05) is 6.07 Å². The molecule has 1 fully saturated rings. The first-order valence-corrected chi connectivity index (χ1v) is 10.9. The van der Waals surface area contributed by atoms with Crippen molar-refractivity contribution in [3.05, 3.63) is 48.2 Å². The molecule has 3 heterocycles. The molecule has 0 aliphatic carbocycles. The van der Waals surface area contributed by atoms with E-state index in [9.17, 15) is 9.18 Å². The van der Waals surface area contributed by atoms with Gasteiger partial charge in [0, 0.05) is 37.1 Å². The van der Waals surface area contributed by atoms with Crippen LogP contribution in [0.2, 0.25) is 0 Å². The average Bonchev–Trinajstić information content (AvgIpc) is 3.05. The van der Waals surface area contributed by atoms with E-state index in [2.05, 4.69) is 21.8 Å². The summed E-state index contributed by atoms with van der Waals surface area (Å²) in [5.74, 6) is 0.530. The molecule has 0 radical (unpaired) electrons. The molecule has 0 saturated carbocycles. The first-order chi connectivity index (χ1) is 15.0. The normalized spacial score (nSPS) is 19.5. The Kier molecular flexibility index (Phi) is 5.56. The third-order valence-corrected chi connectivity index (χ3v) is 5.72. The summed E-state index contributed by atoms with van der Waals surface area (Å²) in [5, 5.41) is 0.932. The fourth-order valence-electron chi connectivity index (χ4n) is 4.26. The molecule has 1 aliphatic rings. The van der Waals surface area contributed by atoms with Crippen LogP contribution in [-0.2, 0) is 4.74 Å². The van der Waals surface area contributed by atoms with Crippen molar-refractivity contribution in [3.63, 3.8) is 0 Å². The van der Waals surface area contributed by atoms with Crippen LogP contribution in [0.5, 0.6) is 0 Å². The Bertz CT molecular complexity index is 1150. The van der Waals surface area contributed by atoms with Gasteiger partial charge in [-0.05, 0) is 65.3 Å². The highest BCUT2D eigenvalue weighted by atomic mass is 19.1. The number of rotatable bonds is 2. The van der Waals surface area contributed by atoms with Crippen LogP contribution in [0.25, 0.3) is 16.7 Å². The van der Waals surface area contributed by atoms with Crippen LogP contribution in [0.3, 0.4) is 0 Å². The van der Waals surface area contributed by atoms with Gasteiger partial charge in [0.15, 0.2) is 0 Å².